The van der Waals surface area contributed by atoms with Crippen LogP contribution in [0.5, 0.6) is 0 Å². The molecule has 33 heavy (non-hydrogen) atoms. The number of fused-ring (bicyclic) bond motifs is 1. The van der Waals surface area contributed by atoms with Crippen molar-refractivity contribution < 1.29 is 22.0 Å². The van der Waals surface area contributed by atoms with E-state index < -0.39 is 27.7 Å². The van der Waals surface area contributed by atoms with Crippen molar-refractivity contribution in [1.29, 1.82) is 0 Å². The minimum Gasteiger partial charge on any atom is -0.311 e. The number of hydrogen-bond acceptors (Lipinski definition) is 4. The van der Waals surface area contributed by atoms with Crippen molar-refractivity contribution in [3.05, 3.63) is 59.2 Å². The van der Waals surface area contributed by atoms with Crippen LogP contribution in [0.1, 0.15) is 43.4 Å². The normalized spacial score (nSPS) is 17.9. The fraction of sp³-hybridized carbons (Fsp3) is 0.458. The first-order valence-electron chi connectivity index (χ1n) is 11.3. The Morgan fingerprint density at radius 3 is 2.52 bits per heavy atom. The van der Waals surface area contributed by atoms with Gasteiger partial charge in [-0.3, -0.25) is 9.69 Å². The summed E-state index contributed by atoms with van der Waals surface area (Å²) in [5.41, 5.74) is 1.74. The Bertz CT molecular complexity index is 1150. The molecule has 1 atom stereocenters. The van der Waals surface area contributed by atoms with Crippen molar-refractivity contribution in [2.24, 2.45) is 0 Å². The Kier molecular flexibility index (Phi) is 6.83. The number of likely N-dealkylation sites (N-methyl/N-ethyl adjacent to an activating group) is 1. The lowest BCUT2D eigenvalue weighted by molar-refractivity contribution is -0.120. The number of sulfonamides is 1. The molecule has 2 aliphatic rings. The fourth-order valence-corrected chi connectivity index (χ4v) is 6.15. The Labute approximate surface area is 193 Å². The van der Waals surface area contributed by atoms with Crippen LogP contribution < -0.4 is 4.90 Å². The average molecular weight is 478 g/mol. The summed E-state index contributed by atoms with van der Waals surface area (Å²) in [6, 6.07) is 7.79. The molecule has 0 aliphatic carbocycles. The van der Waals surface area contributed by atoms with Crippen molar-refractivity contribution in [1.82, 2.24) is 9.21 Å². The highest BCUT2D eigenvalue weighted by atomic mass is 32.2. The number of aryl methyl sites for hydroxylation is 1. The minimum absolute atomic E-state index is 0.0182. The van der Waals surface area contributed by atoms with Crippen LogP contribution in [0.2, 0.25) is 0 Å². The molecule has 4 rings (SSSR count). The van der Waals surface area contributed by atoms with Crippen LogP contribution in [-0.4, -0.2) is 56.8 Å². The van der Waals surface area contributed by atoms with Gasteiger partial charge in [0.05, 0.1) is 11.4 Å². The molecule has 0 radical (unpaired) electrons. The minimum atomic E-state index is -3.52. The number of hydrogen-bond donors (Lipinski definition) is 0. The lowest BCUT2D eigenvalue weighted by Crippen LogP contribution is -2.42. The average Bonchev–Trinajstić information content (AvgIpc) is 3.35. The summed E-state index contributed by atoms with van der Waals surface area (Å²) in [5, 5.41) is 0. The zero-order valence-electron chi connectivity index (χ0n) is 18.9. The van der Waals surface area contributed by atoms with E-state index in [-0.39, 0.29) is 22.9 Å². The molecule has 0 N–H and O–H groups in total. The third-order valence-corrected chi connectivity index (χ3v) is 8.52. The van der Waals surface area contributed by atoms with Crippen LogP contribution in [0.25, 0.3) is 0 Å². The predicted molar refractivity (Wildman–Crippen MR) is 123 cm³/mol. The van der Waals surface area contributed by atoms with Gasteiger partial charge in [0.25, 0.3) is 0 Å². The number of rotatable bonds is 6. The standard InChI is InChI=1S/C24H29F2N3O3S/c1-17(21-15-19(25)7-9-22(21)26)27(2)16-24(30)29-13-5-6-18-14-20(8-10-23(18)29)33(31,32)28-11-3-4-12-28/h7-10,14-15,17H,3-6,11-13,16H2,1-2H3. The Hall–Kier alpha value is -2.36. The maximum absolute atomic E-state index is 14.2. The molecule has 1 saturated heterocycles. The molecule has 1 fully saturated rings. The number of halogens is 2. The number of benzene rings is 2. The second-order valence-electron chi connectivity index (χ2n) is 8.81. The van der Waals surface area contributed by atoms with E-state index >= 15 is 0 Å². The highest BCUT2D eigenvalue weighted by Gasteiger charge is 2.30. The molecule has 0 spiro atoms. The van der Waals surface area contributed by atoms with Gasteiger partial charge < -0.3 is 4.90 Å². The molecule has 2 aromatic carbocycles. The quantitative estimate of drug-likeness (QED) is 0.636. The molecule has 178 valence electrons. The van der Waals surface area contributed by atoms with E-state index in [1.54, 1.807) is 42.0 Å². The van der Waals surface area contributed by atoms with E-state index in [1.807, 2.05) is 0 Å². The lowest BCUT2D eigenvalue weighted by atomic mass is 10.0. The van der Waals surface area contributed by atoms with Gasteiger partial charge in [0.15, 0.2) is 0 Å². The van der Waals surface area contributed by atoms with Crippen LogP contribution in [0.4, 0.5) is 14.5 Å². The van der Waals surface area contributed by atoms with E-state index in [0.717, 1.165) is 43.0 Å². The van der Waals surface area contributed by atoms with Gasteiger partial charge in [0.2, 0.25) is 15.9 Å². The number of anilines is 1. The molecule has 2 aliphatic heterocycles. The van der Waals surface area contributed by atoms with Crippen LogP contribution in [0.3, 0.4) is 0 Å². The zero-order chi connectivity index (χ0) is 23.8. The van der Waals surface area contributed by atoms with E-state index in [4.69, 9.17) is 0 Å². The third-order valence-electron chi connectivity index (χ3n) is 6.63. The van der Waals surface area contributed by atoms with Gasteiger partial charge in [-0.05, 0) is 81.6 Å². The van der Waals surface area contributed by atoms with Crippen molar-refractivity contribution in [3.8, 4) is 0 Å². The Balaban J connectivity index is 1.51. The second kappa shape index (κ2) is 9.48. The Morgan fingerprint density at radius 2 is 1.79 bits per heavy atom. The maximum Gasteiger partial charge on any atom is 0.243 e. The van der Waals surface area contributed by atoms with Crippen LogP contribution in [0.15, 0.2) is 41.3 Å². The molecular formula is C24H29F2N3O3S. The van der Waals surface area contributed by atoms with Gasteiger partial charge in [0.1, 0.15) is 11.6 Å². The SMILES string of the molecule is CC(c1cc(F)ccc1F)N(C)CC(=O)N1CCCc2cc(S(=O)(=O)N3CCCC3)ccc21. The van der Waals surface area contributed by atoms with Gasteiger partial charge in [-0.25, -0.2) is 17.2 Å². The third kappa shape index (κ3) is 4.81. The molecule has 2 heterocycles. The number of carbonyl (C=O) groups excluding carboxylic acids is 1. The first-order valence-corrected chi connectivity index (χ1v) is 12.7. The summed E-state index contributed by atoms with van der Waals surface area (Å²) in [4.78, 5) is 16.8. The highest BCUT2D eigenvalue weighted by Crippen LogP contribution is 2.32. The molecule has 2 aromatic rings. The fourth-order valence-electron chi connectivity index (χ4n) is 4.58. The predicted octanol–water partition coefficient (Wildman–Crippen LogP) is 3.72. The van der Waals surface area contributed by atoms with Crippen molar-refractivity contribution in [3.63, 3.8) is 0 Å². The van der Waals surface area contributed by atoms with Crippen LogP contribution in [0, 0.1) is 11.6 Å². The first kappa shape index (κ1) is 23.8. The lowest BCUT2D eigenvalue weighted by Gasteiger charge is -2.33. The summed E-state index contributed by atoms with van der Waals surface area (Å²) >= 11 is 0. The van der Waals surface area contributed by atoms with Gasteiger partial charge in [0, 0.05) is 36.9 Å². The second-order valence-corrected chi connectivity index (χ2v) is 10.7. The van der Waals surface area contributed by atoms with Gasteiger partial charge in [-0.15, -0.1) is 0 Å². The van der Waals surface area contributed by atoms with E-state index in [2.05, 4.69) is 0 Å². The number of nitrogens with zero attached hydrogens (tertiary/aromatic N) is 3. The summed E-state index contributed by atoms with van der Waals surface area (Å²) in [7, 11) is -1.82. The van der Waals surface area contributed by atoms with Gasteiger partial charge in [-0.2, -0.15) is 4.31 Å². The summed E-state index contributed by atoms with van der Waals surface area (Å²) in [5.74, 6) is -1.21. The summed E-state index contributed by atoms with van der Waals surface area (Å²) in [6.45, 7) is 3.36. The molecule has 6 nitrogen and oxygen atoms in total. The molecular weight excluding hydrogens is 448 g/mol. The largest absolute Gasteiger partial charge is 0.311 e. The van der Waals surface area contributed by atoms with Crippen molar-refractivity contribution in [2.45, 2.75) is 43.5 Å². The van der Waals surface area contributed by atoms with E-state index in [1.165, 1.54) is 4.31 Å². The smallest absolute Gasteiger partial charge is 0.243 e. The number of amides is 1. The number of carbonyl (C=O) groups is 1. The molecule has 1 amide bonds. The monoisotopic (exact) mass is 477 g/mol. The van der Waals surface area contributed by atoms with E-state index in [9.17, 15) is 22.0 Å². The van der Waals surface area contributed by atoms with Gasteiger partial charge in [-0.1, -0.05) is 0 Å². The summed E-state index contributed by atoms with van der Waals surface area (Å²) in [6.07, 6.45) is 3.17. The molecule has 9 heteroatoms. The van der Waals surface area contributed by atoms with E-state index in [0.29, 0.717) is 31.7 Å². The molecule has 0 bridgehead atoms. The molecule has 0 saturated carbocycles. The maximum atomic E-state index is 14.2. The van der Waals surface area contributed by atoms with Gasteiger partial charge >= 0.3 is 0 Å². The summed E-state index contributed by atoms with van der Waals surface area (Å²) < 4.78 is 55.1. The Morgan fingerprint density at radius 1 is 1.06 bits per heavy atom. The molecule has 0 aromatic heterocycles. The van der Waals surface area contributed by atoms with Crippen LogP contribution in [-0.2, 0) is 21.2 Å². The zero-order valence-corrected chi connectivity index (χ0v) is 19.7. The van der Waals surface area contributed by atoms with Crippen molar-refractivity contribution >= 4 is 21.6 Å². The first-order chi connectivity index (χ1) is 15.7. The topological polar surface area (TPSA) is 60.9 Å². The van der Waals surface area contributed by atoms with Crippen LogP contribution >= 0.6 is 0 Å². The highest BCUT2D eigenvalue weighted by molar-refractivity contribution is 7.89. The molecule has 1 unspecified atom stereocenters. The van der Waals surface area contributed by atoms with Crippen molar-refractivity contribution in [2.75, 3.05) is 38.1 Å².